The highest BCUT2D eigenvalue weighted by Gasteiger charge is 2.23. The van der Waals surface area contributed by atoms with Gasteiger partial charge < -0.3 is 24.3 Å². The largest absolute Gasteiger partial charge is 0.511 e. The first-order valence-corrected chi connectivity index (χ1v) is 12.1. The molecule has 1 atom stereocenters. The highest BCUT2D eigenvalue weighted by atomic mass is 16.8. The number of aromatic nitrogens is 3. The number of fused-ring (bicyclic) bond motifs is 1. The molecule has 0 amide bonds. The summed E-state index contributed by atoms with van der Waals surface area (Å²) >= 11 is 0. The normalized spacial score (nSPS) is 11.6. The molecule has 2 aromatic heterocycles. The van der Waals surface area contributed by atoms with Gasteiger partial charge >= 0.3 is 12.1 Å². The van der Waals surface area contributed by atoms with Crippen molar-refractivity contribution in [3.63, 3.8) is 0 Å². The number of nitrogens with zero attached hydrogens (tertiary/aromatic N) is 3. The maximum atomic E-state index is 12.2. The number of anilines is 1. The number of benzene rings is 2. The lowest BCUT2D eigenvalue weighted by molar-refractivity contribution is -0.00809. The van der Waals surface area contributed by atoms with Crippen LogP contribution in [-0.4, -0.2) is 46.6 Å². The van der Waals surface area contributed by atoms with Gasteiger partial charge in [0.2, 0.25) is 12.7 Å². The van der Waals surface area contributed by atoms with E-state index in [1.807, 2.05) is 36.4 Å². The standard InChI is InChI=1S/C28H28N4O6/c1-4-35-26(33)21-10-8-20(9-11-21)23(32-27-30-15-6-16-31-27)22-13-12-19-7-5-14-29-24(19)25(22)36-17-37-28(34)38-18(2)3/h5-16,18,23H,4,17H2,1-3H3,(H,30,31,32). The van der Waals surface area contributed by atoms with Crippen LogP contribution in [0.3, 0.4) is 0 Å². The van der Waals surface area contributed by atoms with Gasteiger partial charge in [0.1, 0.15) is 5.52 Å². The van der Waals surface area contributed by atoms with Crippen LogP contribution < -0.4 is 10.1 Å². The zero-order valence-corrected chi connectivity index (χ0v) is 21.3. The number of pyridine rings is 1. The molecule has 0 fully saturated rings. The van der Waals surface area contributed by atoms with E-state index in [0.29, 0.717) is 28.3 Å². The van der Waals surface area contributed by atoms with Crippen LogP contribution in [0.2, 0.25) is 0 Å². The maximum Gasteiger partial charge on any atom is 0.511 e. The minimum absolute atomic E-state index is 0.285. The van der Waals surface area contributed by atoms with E-state index in [1.54, 1.807) is 57.6 Å². The van der Waals surface area contributed by atoms with Gasteiger partial charge in [0, 0.05) is 29.5 Å². The summed E-state index contributed by atoms with van der Waals surface area (Å²) in [6.07, 6.45) is 3.75. The van der Waals surface area contributed by atoms with Crippen molar-refractivity contribution in [2.24, 2.45) is 0 Å². The van der Waals surface area contributed by atoms with E-state index in [1.165, 1.54) is 0 Å². The van der Waals surface area contributed by atoms with Crippen LogP contribution in [0, 0.1) is 0 Å². The van der Waals surface area contributed by atoms with Crippen LogP contribution in [0.4, 0.5) is 10.7 Å². The zero-order valence-electron chi connectivity index (χ0n) is 21.3. The van der Waals surface area contributed by atoms with Crippen molar-refractivity contribution in [1.29, 1.82) is 0 Å². The molecule has 10 nitrogen and oxygen atoms in total. The molecule has 10 heteroatoms. The summed E-state index contributed by atoms with van der Waals surface area (Å²) in [5, 5.41) is 4.17. The number of carbonyl (C=O) groups excluding carboxylic acids is 2. The number of hydrogen-bond acceptors (Lipinski definition) is 10. The molecule has 196 valence electrons. The van der Waals surface area contributed by atoms with Crippen molar-refractivity contribution in [1.82, 2.24) is 15.0 Å². The Kier molecular flexibility index (Phi) is 8.65. The molecule has 1 unspecified atom stereocenters. The highest BCUT2D eigenvalue weighted by Crippen LogP contribution is 2.37. The van der Waals surface area contributed by atoms with E-state index in [4.69, 9.17) is 18.9 Å². The Morgan fingerprint density at radius 3 is 2.34 bits per heavy atom. The quantitative estimate of drug-likeness (QED) is 0.219. The molecular weight excluding hydrogens is 488 g/mol. The van der Waals surface area contributed by atoms with E-state index >= 15 is 0 Å². The maximum absolute atomic E-state index is 12.2. The van der Waals surface area contributed by atoms with Crippen LogP contribution in [0.1, 0.15) is 48.3 Å². The summed E-state index contributed by atoms with van der Waals surface area (Å²) < 4.78 is 21.3. The summed E-state index contributed by atoms with van der Waals surface area (Å²) in [6, 6.07) is 15.8. The molecule has 4 rings (SSSR count). The van der Waals surface area contributed by atoms with Gasteiger partial charge in [-0.3, -0.25) is 4.98 Å². The number of rotatable bonds is 10. The van der Waals surface area contributed by atoms with Crippen molar-refractivity contribution in [2.75, 3.05) is 18.7 Å². The number of carbonyl (C=O) groups is 2. The van der Waals surface area contributed by atoms with Gasteiger partial charge in [-0.1, -0.05) is 30.3 Å². The van der Waals surface area contributed by atoms with Crippen LogP contribution in [-0.2, 0) is 14.2 Å². The number of ether oxygens (including phenoxy) is 4. The lowest BCUT2D eigenvalue weighted by Gasteiger charge is -2.23. The van der Waals surface area contributed by atoms with Crippen molar-refractivity contribution in [3.8, 4) is 5.75 Å². The molecule has 0 aliphatic heterocycles. The minimum atomic E-state index is -0.836. The zero-order chi connectivity index (χ0) is 26.9. The van der Waals surface area contributed by atoms with Gasteiger partial charge in [-0.15, -0.1) is 0 Å². The third kappa shape index (κ3) is 6.52. The van der Waals surface area contributed by atoms with Gasteiger partial charge in [0.25, 0.3) is 0 Å². The second-order valence-corrected chi connectivity index (χ2v) is 8.37. The van der Waals surface area contributed by atoms with Crippen molar-refractivity contribution in [3.05, 3.63) is 89.9 Å². The Labute approximate surface area is 219 Å². The predicted molar refractivity (Wildman–Crippen MR) is 140 cm³/mol. The van der Waals surface area contributed by atoms with Crippen LogP contribution in [0.5, 0.6) is 5.75 Å². The van der Waals surface area contributed by atoms with Gasteiger partial charge in [0.05, 0.1) is 24.3 Å². The monoisotopic (exact) mass is 516 g/mol. The molecule has 0 bridgehead atoms. The van der Waals surface area contributed by atoms with Gasteiger partial charge in [-0.05, 0) is 50.6 Å². The van der Waals surface area contributed by atoms with E-state index in [9.17, 15) is 9.59 Å². The van der Waals surface area contributed by atoms with Crippen LogP contribution >= 0.6 is 0 Å². The van der Waals surface area contributed by atoms with Crippen LogP contribution in [0.15, 0.2) is 73.2 Å². The lowest BCUT2D eigenvalue weighted by Crippen LogP contribution is -2.19. The summed E-state index contributed by atoms with van der Waals surface area (Å²) in [5.41, 5.74) is 2.49. The molecule has 0 radical (unpaired) electrons. The number of nitrogens with one attached hydrogen (secondary N) is 1. The molecule has 0 aliphatic carbocycles. The fourth-order valence-corrected chi connectivity index (χ4v) is 3.75. The Hall–Kier alpha value is -4.73. The molecule has 0 saturated heterocycles. The second-order valence-electron chi connectivity index (χ2n) is 8.37. The third-order valence-electron chi connectivity index (χ3n) is 5.38. The van der Waals surface area contributed by atoms with Crippen molar-refractivity contribution < 1.29 is 28.5 Å². The van der Waals surface area contributed by atoms with Gasteiger partial charge in [-0.25, -0.2) is 19.6 Å². The Morgan fingerprint density at radius 2 is 1.63 bits per heavy atom. The molecule has 1 N–H and O–H groups in total. The van der Waals surface area contributed by atoms with E-state index in [0.717, 1.165) is 10.9 Å². The first kappa shape index (κ1) is 26.3. The molecule has 0 aliphatic rings. The topological polar surface area (TPSA) is 122 Å². The first-order valence-electron chi connectivity index (χ1n) is 12.1. The predicted octanol–water partition coefficient (Wildman–Crippen LogP) is 5.30. The van der Waals surface area contributed by atoms with E-state index < -0.39 is 18.2 Å². The molecule has 38 heavy (non-hydrogen) atoms. The molecule has 4 aromatic rings. The van der Waals surface area contributed by atoms with Crippen molar-refractivity contribution in [2.45, 2.75) is 32.9 Å². The smallest absolute Gasteiger partial charge is 0.462 e. The van der Waals surface area contributed by atoms with E-state index in [-0.39, 0.29) is 19.5 Å². The fraction of sp³-hybridized carbons (Fsp3) is 0.250. The minimum Gasteiger partial charge on any atom is -0.462 e. The Bertz CT molecular complexity index is 1380. The van der Waals surface area contributed by atoms with Crippen molar-refractivity contribution >= 4 is 29.0 Å². The summed E-state index contributed by atoms with van der Waals surface area (Å²) in [5.74, 6) is 0.387. The first-order chi connectivity index (χ1) is 18.5. The SMILES string of the molecule is CCOC(=O)c1ccc(C(Nc2ncccn2)c2ccc3cccnc3c2OCOC(=O)OC(C)C)cc1. The Morgan fingerprint density at radius 1 is 0.895 bits per heavy atom. The number of esters is 1. The summed E-state index contributed by atoms with van der Waals surface area (Å²) in [6.45, 7) is 5.11. The van der Waals surface area contributed by atoms with Gasteiger partial charge in [0.15, 0.2) is 5.75 Å². The Balaban J connectivity index is 1.74. The molecule has 0 saturated carbocycles. The molecule has 2 aromatic carbocycles. The molecule has 2 heterocycles. The average Bonchev–Trinajstić information content (AvgIpc) is 2.92. The summed E-state index contributed by atoms with van der Waals surface area (Å²) in [4.78, 5) is 37.2. The molecular formula is C28H28N4O6. The summed E-state index contributed by atoms with van der Waals surface area (Å²) in [7, 11) is 0. The number of hydrogen-bond donors (Lipinski definition) is 1. The lowest BCUT2D eigenvalue weighted by atomic mass is 9.95. The average molecular weight is 517 g/mol. The second kappa shape index (κ2) is 12.5. The fourth-order valence-electron chi connectivity index (χ4n) is 3.75. The van der Waals surface area contributed by atoms with Gasteiger partial charge in [-0.2, -0.15) is 0 Å². The van der Waals surface area contributed by atoms with E-state index in [2.05, 4.69) is 20.3 Å². The van der Waals surface area contributed by atoms with Crippen LogP contribution in [0.25, 0.3) is 10.9 Å². The molecule has 0 spiro atoms. The highest BCUT2D eigenvalue weighted by molar-refractivity contribution is 5.89. The third-order valence-corrected chi connectivity index (χ3v) is 5.38.